The minimum absolute atomic E-state index is 0.501. The summed E-state index contributed by atoms with van der Waals surface area (Å²) < 4.78 is 22.7. The second-order valence-electron chi connectivity index (χ2n) is 3.58. The van der Waals surface area contributed by atoms with Crippen LogP contribution in [0.2, 0.25) is 0 Å². The average molecular weight is 306 g/mol. The topological polar surface area (TPSA) is 63.2 Å². The van der Waals surface area contributed by atoms with Gasteiger partial charge in [0.25, 0.3) is 0 Å². The van der Waals surface area contributed by atoms with Gasteiger partial charge in [-0.25, -0.2) is 8.42 Å². The van der Waals surface area contributed by atoms with Gasteiger partial charge in [-0.3, -0.25) is 4.79 Å². The molecular weight excluding hydrogens is 294 g/mol. The molecule has 0 fully saturated rings. The number of hydrogen-bond donors (Lipinski definition) is 1. The normalized spacial score (nSPS) is 11.2. The van der Waals surface area contributed by atoms with Gasteiger partial charge in [0.15, 0.2) is 9.84 Å². The highest BCUT2D eigenvalue weighted by Gasteiger charge is 2.11. The Morgan fingerprint density at radius 1 is 1.44 bits per heavy atom. The van der Waals surface area contributed by atoms with Crippen molar-refractivity contribution in [1.82, 2.24) is 0 Å². The number of nitrogens with one attached hydrogen (secondary N) is 1. The minimum atomic E-state index is -3.29. The van der Waals surface area contributed by atoms with Gasteiger partial charge in [-0.1, -0.05) is 22.0 Å². The van der Waals surface area contributed by atoms with Crippen molar-refractivity contribution in [3.05, 3.63) is 28.2 Å². The number of sulfone groups is 1. The molecule has 0 unspecified atom stereocenters. The second-order valence-corrected chi connectivity index (χ2v) is 6.63. The molecule has 0 aliphatic heterocycles. The molecule has 0 atom stereocenters. The van der Waals surface area contributed by atoms with Gasteiger partial charge < -0.3 is 5.32 Å². The van der Waals surface area contributed by atoms with Gasteiger partial charge >= 0.3 is 0 Å². The first-order valence-electron chi connectivity index (χ1n) is 4.51. The van der Waals surface area contributed by atoms with Crippen LogP contribution in [0.1, 0.15) is 5.56 Å². The van der Waals surface area contributed by atoms with Crippen LogP contribution in [-0.4, -0.2) is 26.3 Å². The van der Waals surface area contributed by atoms with Crippen LogP contribution in [0, 0.1) is 6.92 Å². The predicted octanol–water partition coefficient (Wildman–Crippen LogP) is 1.74. The van der Waals surface area contributed by atoms with Gasteiger partial charge in [-0.2, -0.15) is 0 Å². The average Bonchev–Trinajstić information content (AvgIpc) is 2.08. The Bertz CT molecular complexity index is 511. The lowest BCUT2D eigenvalue weighted by Gasteiger charge is -2.08. The van der Waals surface area contributed by atoms with E-state index in [0.29, 0.717) is 5.69 Å². The summed E-state index contributed by atoms with van der Waals surface area (Å²) in [5, 5.41) is 2.56. The summed E-state index contributed by atoms with van der Waals surface area (Å²) in [7, 11) is -3.29. The number of aryl methyl sites for hydroxylation is 1. The highest BCUT2D eigenvalue weighted by atomic mass is 79.9. The van der Waals surface area contributed by atoms with Crippen molar-refractivity contribution in [1.29, 1.82) is 0 Å². The number of hydrogen-bond acceptors (Lipinski definition) is 3. The standard InChI is InChI=1S/C10H12BrNO3S/c1-7-3-4-8(11)5-9(7)12-10(13)6-16(2,14)15/h3-5H,6H2,1-2H3,(H,12,13). The van der Waals surface area contributed by atoms with Crippen molar-refractivity contribution in [2.24, 2.45) is 0 Å². The summed E-state index contributed by atoms with van der Waals surface area (Å²) in [4.78, 5) is 11.4. The van der Waals surface area contributed by atoms with Crippen molar-refractivity contribution >= 4 is 37.4 Å². The van der Waals surface area contributed by atoms with E-state index in [2.05, 4.69) is 21.2 Å². The number of halogens is 1. The zero-order chi connectivity index (χ0) is 12.3. The summed E-state index contributed by atoms with van der Waals surface area (Å²) in [5.41, 5.74) is 1.49. The van der Waals surface area contributed by atoms with Crippen LogP contribution in [0.15, 0.2) is 22.7 Å². The number of amides is 1. The molecule has 0 saturated carbocycles. The first kappa shape index (κ1) is 13.2. The highest BCUT2D eigenvalue weighted by Crippen LogP contribution is 2.20. The van der Waals surface area contributed by atoms with E-state index < -0.39 is 21.5 Å². The largest absolute Gasteiger partial charge is 0.325 e. The summed E-state index contributed by atoms with van der Waals surface area (Å²) in [5.74, 6) is -1.03. The second kappa shape index (κ2) is 4.97. The van der Waals surface area contributed by atoms with Crippen molar-refractivity contribution in [3.8, 4) is 0 Å². The molecule has 1 rings (SSSR count). The van der Waals surface area contributed by atoms with Crippen molar-refractivity contribution in [3.63, 3.8) is 0 Å². The van der Waals surface area contributed by atoms with Gasteiger partial charge in [0.05, 0.1) is 0 Å². The lowest BCUT2D eigenvalue weighted by molar-refractivity contribution is -0.113. The molecule has 6 heteroatoms. The Morgan fingerprint density at radius 2 is 2.06 bits per heavy atom. The van der Waals surface area contributed by atoms with Gasteiger partial charge in [-0.05, 0) is 24.6 Å². The molecule has 0 saturated heterocycles. The molecule has 88 valence electrons. The smallest absolute Gasteiger partial charge is 0.239 e. The molecule has 0 radical (unpaired) electrons. The first-order chi connectivity index (χ1) is 7.28. The van der Waals surface area contributed by atoms with E-state index >= 15 is 0 Å². The molecule has 0 bridgehead atoms. The Morgan fingerprint density at radius 3 is 2.62 bits per heavy atom. The van der Waals surface area contributed by atoms with E-state index in [1.54, 1.807) is 6.07 Å². The maximum Gasteiger partial charge on any atom is 0.239 e. The van der Waals surface area contributed by atoms with Crippen LogP contribution in [0.5, 0.6) is 0 Å². The van der Waals surface area contributed by atoms with Gasteiger partial charge in [0.1, 0.15) is 5.75 Å². The van der Waals surface area contributed by atoms with E-state index in [1.165, 1.54) is 0 Å². The molecular formula is C10H12BrNO3S. The molecule has 1 aromatic rings. The van der Waals surface area contributed by atoms with Gasteiger partial charge in [0.2, 0.25) is 5.91 Å². The summed E-state index contributed by atoms with van der Waals surface area (Å²) in [6.45, 7) is 1.84. The Balaban J connectivity index is 2.81. The number of carbonyl (C=O) groups excluding carboxylic acids is 1. The van der Waals surface area contributed by atoms with E-state index in [4.69, 9.17) is 0 Å². The third kappa shape index (κ3) is 4.32. The third-order valence-corrected chi connectivity index (χ3v) is 3.15. The van der Waals surface area contributed by atoms with E-state index in [9.17, 15) is 13.2 Å². The SMILES string of the molecule is Cc1ccc(Br)cc1NC(=O)CS(C)(=O)=O. The molecule has 0 heterocycles. The van der Waals surface area contributed by atoms with Crippen LogP contribution in [0.25, 0.3) is 0 Å². The van der Waals surface area contributed by atoms with Crippen molar-refractivity contribution < 1.29 is 13.2 Å². The lowest BCUT2D eigenvalue weighted by atomic mass is 10.2. The fourth-order valence-electron chi connectivity index (χ4n) is 1.15. The van der Waals surface area contributed by atoms with Crippen LogP contribution < -0.4 is 5.32 Å². The molecule has 0 aliphatic carbocycles. The van der Waals surface area contributed by atoms with Gasteiger partial charge in [-0.15, -0.1) is 0 Å². The fraction of sp³-hybridized carbons (Fsp3) is 0.300. The minimum Gasteiger partial charge on any atom is -0.325 e. The lowest BCUT2D eigenvalue weighted by Crippen LogP contribution is -2.22. The highest BCUT2D eigenvalue weighted by molar-refractivity contribution is 9.10. The first-order valence-corrected chi connectivity index (χ1v) is 7.37. The monoisotopic (exact) mass is 305 g/mol. The molecule has 0 aliphatic rings. The maximum absolute atomic E-state index is 11.4. The van der Waals surface area contributed by atoms with Crippen molar-refractivity contribution in [2.75, 3.05) is 17.3 Å². The van der Waals surface area contributed by atoms with Crippen LogP contribution in [0.4, 0.5) is 5.69 Å². The quantitative estimate of drug-likeness (QED) is 0.925. The summed E-state index contributed by atoms with van der Waals surface area (Å²) in [6.07, 6.45) is 1.03. The predicted molar refractivity (Wildman–Crippen MR) is 67.2 cm³/mol. The number of rotatable bonds is 3. The number of carbonyl (C=O) groups is 1. The summed E-state index contributed by atoms with van der Waals surface area (Å²) in [6, 6.07) is 5.41. The zero-order valence-corrected chi connectivity index (χ0v) is 11.4. The molecule has 1 amide bonds. The maximum atomic E-state index is 11.4. The Labute approximate surface area is 103 Å². The van der Waals surface area contributed by atoms with E-state index in [1.807, 2.05) is 19.1 Å². The zero-order valence-electron chi connectivity index (χ0n) is 8.95. The molecule has 1 aromatic carbocycles. The molecule has 1 N–H and O–H groups in total. The molecule has 16 heavy (non-hydrogen) atoms. The number of anilines is 1. The van der Waals surface area contributed by atoms with Crippen molar-refractivity contribution in [2.45, 2.75) is 6.92 Å². The van der Waals surface area contributed by atoms with Crippen LogP contribution >= 0.6 is 15.9 Å². The Kier molecular flexibility index (Phi) is 4.09. The Hall–Kier alpha value is -0.880. The fourth-order valence-corrected chi connectivity index (χ4v) is 2.06. The molecule has 0 aromatic heterocycles. The third-order valence-electron chi connectivity index (χ3n) is 1.87. The molecule has 0 spiro atoms. The molecule has 4 nitrogen and oxygen atoms in total. The summed E-state index contributed by atoms with van der Waals surface area (Å²) >= 11 is 3.28. The van der Waals surface area contributed by atoms with E-state index in [0.717, 1.165) is 16.3 Å². The van der Waals surface area contributed by atoms with Crippen LogP contribution in [0.3, 0.4) is 0 Å². The number of benzene rings is 1. The van der Waals surface area contributed by atoms with E-state index in [-0.39, 0.29) is 0 Å². The van der Waals surface area contributed by atoms with Crippen LogP contribution in [-0.2, 0) is 14.6 Å². The van der Waals surface area contributed by atoms with Gasteiger partial charge in [0, 0.05) is 16.4 Å².